The maximum atomic E-state index is 12.4. The zero-order chi connectivity index (χ0) is 16.2. The SMILES string of the molecule is CC(C)(C)OC(=O)N1CCC[C@@H]1C(=O)NC[C@@H]1CCCNC1. The quantitative estimate of drug-likeness (QED) is 0.829. The van der Waals surface area contributed by atoms with E-state index in [-0.39, 0.29) is 18.0 Å². The highest BCUT2D eigenvalue weighted by Gasteiger charge is 2.36. The first-order valence-electron chi connectivity index (χ1n) is 8.35. The number of nitrogens with one attached hydrogen (secondary N) is 2. The van der Waals surface area contributed by atoms with E-state index < -0.39 is 5.60 Å². The Morgan fingerprint density at radius 2 is 2.05 bits per heavy atom. The number of ether oxygens (including phenoxy) is 1. The molecule has 2 saturated heterocycles. The monoisotopic (exact) mass is 311 g/mol. The maximum Gasteiger partial charge on any atom is 0.410 e. The van der Waals surface area contributed by atoms with E-state index in [0.717, 1.165) is 32.4 Å². The standard InChI is InChI=1S/C16H29N3O3/c1-16(2,3)22-15(21)19-9-5-7-13(19)14(20)18-11-12-6-4-8-17-10-12/h12-13,17H,4-11H2,1-3H3,(H,18,20)/t12-,13-/m1/s1. The lowest BCUT2D eigenvalue weighted by molar-refractivity contribution is -0.125. The minimum atomic E-state index is -0.533. The fraction of sp³-hybridized carbons (Fsp3) is 0.875. The van der Waals surface area contributed by atoms with Crippen molar-refractivity contribution in [2.75, 3.05) is 26.2 Å². The van der Waals surface area contributed by atoms with E-state index in [0.29, 0.717) is 25.4 Å². The molecule has 2 aliphatic rings. The molecule has 0 bridgehead atoms. The highest BCUT2D eigenvalue weighted by molar-refractivity contribution is 5.86. The van der Waals surface area contributed by atoms with Crippen molar-refractivity contribution in [2.45, 2.75) is 58.1 Å². The average molecular weight is 311 g/mol. The second-order valence-electron chi connectivity index (χ2n) is 7.29. The molecule has 2 fully saturated rings. The Bertz CT molecular complexity index is 400. The average Bonchev–Trinajstić information content (AvgIpc) is 2.93. The van der Waals surface area contributed by atoms with Crippen LogP contribution in [0.1, 0.15) is 46.5 Å². The molecule has 2 rings (SSSR count). The molecule has 6 heteroatoms. The third-order valence-corrected chi connectivity index (χ3v) is 4.15. The van der Waals surface area contributed by atoms with E-state index in [9.17, 15) is 9.59 Å². The van der Waals surface area contributed by atoms with Gasteiger partial charge in [0, 0.05) is 13.1 Å². The molecule has 0 radical (unpaired) electrons. The number of carbonyl (C=O) groups is 2. The van der Waals surface area contributed by atoms with Crippen molar-refractivity contribution in [3.05, 3.63) is 0 Å². The summed E-state index contributed by atoms with van der Waals surface area (Å²) in [6, 6.07) is -0.383. The molecule has 0 unspecified atom stereocenters. The van der Waals surface area contributed by atoms with E-state index in [2.05, 4.69) is 10.6 Å². The Morgan fingerprint density at radius 1 is 1.27 bits per heavy atom. The fourth-order valence-electron chi connectivity index (χ4n) is 3.04. The van der Waals surface area contributed by atoms with Gasteiger partial charge in [0.15, 0.2) is 0 Å². The number of hydrogen-bond donors (Lipinski definition) is 2. The number of piperidine rings is 1. The molecule has 2 amide bonds. The number of amides is 2. The first-order valence-corrected chi connectivity index (χ1v) is 8.35. The molecule has 0 aromatic carbocycles. The first-order chi connectivity index (χ1) is 10.4. The lowest BCUT2D eigenvalue weighted by atomic mass is 9.99. The van der Waals surface area contributed by atoms with Crippen LogP contribution in [0.4, 0.5) is 4.79 Å². The minimum absolute atomic E-state index is 0.0473. The summed E-state index contributed by atoms with van der Waals surface area (Å²) < 4.78 is 5.39. The molecule has 0 spiro atoms. The van der Waals surface area contributed by atoms with Crippen molar-refractivity contribution in [1.29, 1.82) is 0 Å². The van der Waals surface area contributed by atoms with Gasteiger partial charge in [-0.1, -0.05) is 0 Å². The van der Waals surface area contributed by atoms with Gasteiger partial charge >= 0.3 is 6.09 Å². The van der Waals surface area contributed by atoms with Gasteiger partial charge in [-0.15, -0.1) is 0 Å². The molecule has 6 nitrogen and oxygen atoms in total. The van der Waals surface area contributed by atoms with Crippen LogP contribution in [-0.4, -0.2) is 54.7 Å². The van der Waals surface area contributed by atoms with Crippen LogP contribution in [0.15, 0.2) is 0 Å². The summed E-state index contributed by atoms with van der Waals surface area (Å²) in [4.78, 5) is 26.2. The molecule has 0 saturated carbocycles. The van der Waals surface area contributed by atoms with E-state index in [1.807, 2.05) is 20.8 Å². The Balaban J connectivity index is 1.83. The predicted molar refractivity (Wildman–Crippen MR) is 84.6 cm³/mol. The first kappa shape index (κ1) is 17.1. The second-order valence-corrected chi connectivity index (χ2v) is 7.29. The van der Waals surface area contributed by atoms with Gasteiger partial charge in [0.2, 0.25) is 5.91 Å². The normalized spacial score (nSPS) is 25.9. The summed E-state index contributed by atoms with van der Waals surface area (Å²) in [5.74, 6) is 0.447. The topological polar surface area (TPSA) is 70.7 Å². The Hall–Kier alpha value is -1.30. The van der Waals surface area contributed by atoms with Crippen LogP contribution in [0.25, 0.3) is 0 Å². The third-order valence-electron chi connectivity index (χ3n) is 4.15. The van der Waals surface area contributed by atoms with Crippen molar-refractivity contribution < 1.29 is 14.3 Å². The number of nitrogens with zero attached hydrogens (tertiary/aromatic N) is 1. The summed E-state index contributed by atoms with van der Waals surface area (Å²) in [6.45, 7) is 8.83. The van der Waals surface area contributed by atoms with Gasteiger partial charge in [-0.25, -0.2) is 4.79 Å². The molecule has 2 aliphatic heterocycles. The summed E-state index contributed by atoms with van der Waals surface area (Å²) in [5.41, 5.74) is -0.533. The van der Waals surface area contributed by atoms with Crippen LogP contribution in [0.2, 0.25) is 0 Å². The van der Waals surface area contributed by atoms with Crippen molar-refractivity contribution >= 4 is 12.0 Å². The smallest absolute Gasteiger partial charge is 0.410 e. The van der Waals surface area contributed by atoms with Crippen molar-refractivity contribution in [3.8, 4) is 0 Å². The van der Waals surface area contributed by atoms with Crippen molar-refractivity contribution in [3.63, 3.8) is 0 Å². The largest absolute Gasteiger partial charge is 0.444 e. The summed E-state index contributed by atoms with van der Waals surface area (Å²) >= 11 is 0. The summed E-state index contributed by atoms with van der Waals surface area (Å²) in [7, 11) is 0. The number of hydrogen-bond acceptors (Lipinski definition) is 4. The van der Waals surface area contributed by atoms with E-state index in [1.165, 1.54) is 0 Å². The number of carbonyl (C=O) groups excluding carboxylic acids is 2. The van der Waals surface area contributed by atoms with Crippen molar-refractivity contribution in [1.82, 2.24) is 15.5 Å². The fourth-order valence-corrected chi connectivity index (χ4v) is 3.04. The molecule has 22 heavy (non-hydrogen) atoms. The molecule has 2 N–H and O–H groups in total. The Kier molecular flexibility index (Phi) is 5.67. The lowest BCUT2D eigenvalue weighted by Gasteiger charge is -2.29. The van der Waals surface area contributed by atoms with Crippen LogP contribution in [0.3, 0.4) is 0 Å². The Labute approximate surface area is 132 Å². The van der Waals surface area contributed by atoms with Gasteiger partial charge in [0.25, 0.3) is 0 Å². The lowest BCUT2D eigenvalue weighted by Crippen LogP contribution is -2.49. The molecule has 0 aromatic rings. The summed E-state index contributed by atoms with van der Waals surface area (Å²) in [6.07, 6.45) is 3.49. The van der Waals surface area contributed by atoms with Gasteiger partial charge in [-0.05, 0) is 65.5 Å². The predicted octanol–water partition coefficient (Wildman–Crippen LogP) is 1.50. The molecule has 2 heterocycles. The maximum absolute atomic E-state index is 12.4. The van der Waals surface area contributed by atoms with Gasteiger partial charge in [0.05, 0.1) is 0 Å². The van der Waals surface area contributed by atoms with Crippen LogP contribution >= 0.6 is 0 Å². The zero-order valence-corrected chi connectivity index (χ0v) is 14.0. The highest BCUT2D eigenvalue weighted by Crippen LogP contribution is 2.21. The molecule has 2 atom stereocenters. The van der Waals surface area contributed by atoms with Gasteiger partial charge in [-0.2, -0.15) is 0 Å². The van der Waals surface area contributed by atoms with Crippen molar-refractivity contribution in [2.24, 2.45) is 5.92 Å². The van der Waals surface area contributed by atoms with Crippen LogP contribution in [0, 0.1) is 5.92 Å². The molecule has 0 aromatic heterocycles. The van der Waals surface area contributed by atoms with Gasteiger partial charge < -0.3 is 15.4 Å². The van der Waals surface area contributed by atoms with Gasteiger partial charge in [-0.3, -0.25) is 9.69 Å². The highest BCUT2D eigenvalue weighted by atomic mass is 16.6. The van der Waals surface area contributed by atoms with Crippen LogP contribution < -0.4 is 10.6 Å². The number of likely N-dealkylation sites (tertiary alicyclic amines) is 1. The van der Waals surface area contributed by atoms with Crippen LogP contribution in [-0.2, 0) is 9.53 Å². The minimum Gasteiger partial charge on any atom is -0.444 e. The second kappa shape index (κ2) is 7.31. The third kappa shape index (κ3) is 4.87. The summed E-state index contributed by atoms with van der Waals surface area (Å²) in [5, 5.41) is 6.36. The zero-order valence-electron chi connectivity index (χ0n) is 14.0. The molecule has 126 valence electrons. The van der Waals surface area contributed by atoms with E-state index in [1.54, 1.807) is 4.90 Å². The van der Waals surface area contributed by atoms with Gasteiger partial charge in [0.1, 0.15) is 11.6 Å². The Morgan fingerprint density at radius 3 is 2.68 bits per heavy atom. The molecular formula is C16H29N3O3. The molecular weight excluding hydrogens is 282 g/mol. The van der Waals surface area contributed by atoms with E-state index in [4.69, 9.17) is 4.74 Å². The molecule has 0 aliphatic carbocycles. The number of rotatable bonds is 3. The van der Waals surface area contributed by atoms with E-state index >= 15 is 0 Å². The van der Waals surface area contributed by atoms with Crippen LogP contribution in [0.5, 0.6) is 0 Å².